The molecule has 11 rings (SSSR count). The van der Waals surface area contributed by atoms with Crippen molar-refractivity contribution in [3.63, 3.8) is 0 Å². The lowest BCUT2D eigenvalue weighted by Crippen LogP contribution is -1.90. The Morgan fingerprint density at radius 1 is 0.278 bits per heavy atom. The zero-order valence-corrected chi connectivity index (χ0v) is 29.0. The van der Waals surface area contributed by atoms with Gasteiger partial charge >= 0.3 is 0 Å². The third-order valence-corrected chi connectivity index (χ3v) is 10.5. The molecule has 0 aliphatic heterocycles. The predicted molar refractivity (Wildman–Crippen MR) is 222 cm³/mol. The summed E-state index contributed by atoms with van der Waals surface area (Å²) >= 11 is 0. The van der Waals surface area contributed by atoms with Crippen LogP contribution in [0.2, 0.25) is 0 Å². The monoisotopic (exact) mass is 687 g/mol. The Morgan fingerprint density at radius 2 is 0.815 bits per heavy atom. The van der Waals surface area contributed by atoms with Gasteiger partial charge in [0, 0.05) is 56.0 Å². The Bertz CT molecular complexity index is 3300. The Morgan fingerprint density at radius 3 is 1.67 bits per heavy atom. The van der Waals surface area contributed by atoms with Crippen molar-refractivity contribution in [1.29, 1.82) is 0 Å². The summed E-state index contributed by atoms with van der Waals surface area (Å²) in [4.78, 5) is 24.5. The predicted octanol–water partition coefficient (Wildman–Crippen LogP) is 12.2. The summed E-state index contributed by atoms with van der Waals surface area (Å²) in [5, 5.41) is 7.80. The van der Waals surface area contributed by atoms with E-state index >= 15 is 0 Å². The maximum atomic E-state index is 5.09. The number of hydrogen-bond donors (Lipinski definition) is 0. The quantitative estimate of drug-likeness (QED) is 0.172. The summed E-state index contributed by atoms with van der Waals surface area (Å²) in [6.07, 6.45) is 3.74. The average Bonchev–Trinajstić information content (AvgIpc) is 3.24. The molecule has 11 aromatic rings. The molecule has 5 heterocycles. The summed E-state index contributed by atoms with van der Waals surface area (Å²) in [7, 11) is 0. The summed E-state index contributed by atoms with van der Waals surface area (Å²) in [5.74, 6) is 0. The van der Waals surface area contributed by atoms with Crippen LogP contribution in [-0.4, -0.2) is 24.9 Å². The Balaban J connectivity index is 0.884. The van der Waals surface area contributed by atoms with E-state index in [1.54, 1.807) is 0 Å². The van der Waals surface area contributed by atoms with Crippen LogP contribution in [0.25, 0.3) is 110 Å². The van der Waals surface area contributed by atoms with Gasteiger partial charge in [0.15, 0.2) is 0 Å². The standard InChI is InChI=1S/C49H29N5/c1-2-6-42-37(4-1)27-41(29-51-42)46-19-15-30-7-10-36(28-47(30)53-46)35-17-21-43-40(26-35)18-22-44(52-43)38-13-11-34-25-39(14-12-33(34)24-38)45-20-16-32-9-8-31-5-3-23-50-48(31)49(32)54-45/h1-29H. The van der Waals surface area contributed by atoms with E-state index in [-0.39, 0.29) is 0 Å². The van der Waals surface area contributed by atoms with Gasteiger partial charge in [0.2, 0.25) is 0 Å². The van der Waals surface area contributed by atoms with Crippen LogP contribution in [0.5, 0.6) is 0 Å². The molecule has 0 bridgehead atoms. The van der Waals surface area contributed by atoms with Crippen LogP contribution in [0, 0.1) is 0 Å². The molecule has 0 aliphatic carbocycles. The summed E-state index contributed by atoms with van der Waals surface area (Å²) in [5.41, 5.74) is 13.0. The number of rotatable bonds is 4. The lowest BCUT2D eigenvalue weighted by atomic mass is 9.99. The van der Waals surface area contributed by atoms with Crippen LogP contribution in [0.1, 0.15) is 0 Å². The van der Waals surface area contributed by atoms with Gasteiger partial charge in [0.25, 0.3) is 0 Å². The van der Waals surface area contributed by atoms with Gasteiger partial charge < -0.3 is 0 Å². The molecule has 0 fully saturated rings. The van der Waals surface area contributed by atoms with Gasteiger partial charge in [-0.15, -0.1) is 0 Å². The molecule has 0 radical (unpaired) electrons. The van der Waals surface area contributed by atoms with Crippen molar-refractivity contribution in [3.8, 4) is 44.9 Å². The Hall–Kier alpha value is -7.37. The largest absolute Gasteiger partial charge is 0.256 e. The maximum absolute atomic E-state index is 5.09. The lowest BCUT2D eigenvalue weighted by molar-refractivity contribution is 1.35. The lowest BCUT2D eigenvalue weighted by Gasteiger charge is -2.10. The first-order valence-electron chi connectivity index (χ1n) is 18.0. The minimum atomic E-state index is 0.913. The van der Waals surface area contributed by atoms with Crippen LogP contribution in [-0.2, 0) is 0 Å². The minimum Gasteiger partial charge on any atom is -0.256 e. The summed E-state index contributed by atoms with van der Waals surface area (Å²) in [6, 6.07) is 57.4. The second-order valence-electron chi connectivity index (χ2n) is 13.8. The zero-order valence-electron chi connectivity index (χ0n) is 29.0. The molecule has 0 aliphatic rings. The molecule has 250 valence electrons. The summed E-state index contributed by atoms with van der Waals surface area (Å²) in [6.45, 7) is 0. The topological polar surface area (TPSA) is 64.5 Å². The van der Waals surface area contributed by atoms with Crippen molar-refractivity contribution in [1.82, 2.24) is 24.9 Å². The van der Waals surface area contributed by atoms with Crippen molar-refractivity contribution < 1.29 is 0 Å². The fraction of sp³-hybridized carbons (Fsp3) is 0. The molecule has 0 unspecified atom stereocenters. The van der Waals surface area contributed by atoms with Crippen molar-refractivity contribution in [2.24, 2.45) is 0 Å². The van der Waals surface area contributed by atoms with Crippen molar-refractivity contribution in [3.05, 3.63) is 176 Å². The number of hydrogen-bond acceptors (Lipinski definition) is 5. The first-order valence-corrected chi connectivity index (χ1v) is 18.0. The van der Waals surface area contributed by atoms with Gasteiger partial charge in [-0.25, -0.2) is 15.0 Å². The van der Waals surface area contributed by atoms with Crippen LogP contribution in [0.15, 0.2) is 176 Å². The molecule has 5 heteroatoms. The molecule has 0 N–H and O–H groups in total. The van der Waals surface area contributed by atoms with Crippen LogP contribution in [0.4, 0.5) is 0 Å². The summed E-state index contributed by atoms with van der Waals surface area (Å²) < 4.78 is 0. The van der Waals surface area contributed by atoms with E-state index in [1.807, 2.05) is 36.7 Å². The van der Waals surface area contributed by atoms with Gasteiger partial charge in [0.05, 0.1) is 44.7 Å². The molecule has 6 aromatic carbocycles. The highest BCUT2D eigenvalue weighted by Gasteiger charge is 2.11. The number of aromatic nitrogens is 5. The smallest absolute Gasteiger partial charge is 0.0972 e. The molecule has 0 amide bonds. The molecule has 5 aromatic heterocycles. The van der Waals surface area contributed by atoms with Crippen molar-refractivity contribution >= 4 is 65.3 Å². The van der Waals surface area contributed by atoms with Crippen LogP contribution >= 0.6 is 0 Å². The number of benzene rings is 6. The average molecular weight is 688 g/mol. The maximum Gasteiger partial charge on any atom is 0.0972 e. The van der Waals surface area contributed by atoms with Gasteiger partial charge in [-0.2, -0.15) is 0 Å². The van der Waals surface area contributed by atoms with E-state index in [0.717, 1.165) is 110 Å². The fourth-order valence-electron chi connectivity index (χ4n) is 7.58. The highest BCUT2D eigenvalue weighted by Crippen LogP contribution is 2.33. The SMILES string of the molecule is c1ccc2ncc(-c3ccc4ccc(-c5ccc6nc(-c7ccc8cc(-c9ccc%10ccc%11cccnc%11c%10n9)ccc8c7)ccc6c5)cc4n3)cc2c1. The first kappa shape index (κ1) is 30.3. The zero-order chi connectivity index (χ0) is 35.6. The number of nitrogens with zero attached hydrogens (tertiary/aromatic N) is 5. The molecular formula is C49H29N5. The number of para-hydroxylation sites is 1. The molecule has 0 saturated heterocycles. The third-order valence-electron chi connectivity index (χ3n) is 10.5. The Kier molecular flexibility index (Phi) is 6.79. The van der Waals surface area contributed by atoms with E-state index < -0.39 is 0 Å². The van der Waals surface area contributed by atoms with Crippen LogP contribution in [0.3, 0.4) is 0 Å². The highest BCUT2D eigenvalue weighted by atomic mass is 14.8. The van der Waals surface area contributed by atoms with Gasteiger partial charge in [0.1, 0.15) is 0 Å². The Labute approximate surface area is 310 Å². The van der Waals surface area contributed by atoms with E-state index in [2.05, 4.69) is 149 Å². The third kappa shape index (κ3) is 5.22. The molecule has 0 spiro atoms. The van der Waals surface area contributed by atoms with E-state index in [9.17, 15) is 0 Å². The second-order valence-corrected chi connectivity index (χ2v) is 13.8. The molecular weight excluding hydrogens is 659 g/mol. The van der Waals surface area contributed by atoms with E-state index in [4.69, 9.17) is 15.0 Å². The van der Waals surface area contributed by atoms with E-state index in [1.165, 1.54) is 0 Å². The molecule has 54 heavy (non-hydrogen) atoms. The van der Waals surface area contributed by atoms with Crippen LogP contribution < -0.4 is 0 Å². The fourth-order valence-corrected chi connectivity index (χ4v) is 7.58. The van der Waals surface area contributed by atoms with Gasteiger partial charge in [-0.05, 0) is 88.6 Å². The minimum absolute atomic E-state index is 0.913. The van der Waals surface area contributed by atoms with Crippen molar-refractivity contribution in [2.45, 2.75) is 0 Å². The highest BCUT2D eigenvalue weighted by molar-refractivity contribution is 6.03. The van der Waals surface area contributed by atoms with E-state index in [0.29, 0.717) is 0 Å². The van der Waals surface area contributed by atoms with Gasteiger partial charge in [-0.3, -0.25) is 9.97 Å². The normalized spacial score (nSPS) is 11.7. The number of fused-ring (bicyclic) bond motifs is 7. The first-order chi connectivity index (χ1) is 26.7. The second kappa shape index (κ2) is 12.1. The molecule has 5 nitrogen and oxygen atoms in total. The molecule has 0 saturated carbocycles. The van der Waals surface area contributed by atoms with Gasteiger partial charge in [-0.1, -0.05) is 97.1 Å². The molecule has 0 atom stereocenters. The number of pyridine rings is 5. The van der Waals surface area contributed by atoms with Crippen molar-refractivity contribution in [2.75, 3.05) is 0 Å².